The van der Waals surface area contributed by atoms with Crippen LogP contribution in [-0.2, 0) is 25.1 Å². The molecule has 0 radical (unpaired) electrons. The standard InChI is InChI=1S/C21H14F9N3O3/c1-35-15-4-2-14(3-5-15)33-17(21(28,29)30)16(10-32-33)36-18(34)31-9-11-6-12(19(22,23)24)8-13(7-11)20(25,26)27/h2-8,10H,9H2,1H3,(H,31,34). The molecule has 0 aliphatic carbocycles. The first-order chi connectivity index (χ1) is 16.6. The molecular formula is C21H14F9N3O3. The second kappa shape index (κ2) is 9.62. The quantitative estimate of drug-likeness (QED) is 0.400. The highest BCUT2D eigenvalue weighted by molar-refractivity contribution is 5.70. The van der Waals surface area contributed by atoms with Crippen LogP contribution in [0.1, 0.15) is 22.4 Å². The molecule has 194 valence electrons. The molecule has 0 aliphatic rings. The molecule has 36 heavy (non-hydrogen) atoms. The maximum Gasteiger partial charge on any atom is 0.437 e. The topological polar surface area (TPSA) is 65.4 Å². The molecule has 3 rings (SSSR count). The van der Waals surface area contributed by atoms with Gasteiger partial charge < -0.3 is 14.8 Å². The van der Waals surface area contributed by atoms with E-state index in [1.807, 2.05) is 5.32 Å². The number of carbonyl (C=O) groups excluding carboxylic acids is 1. The molecule has 1 N–H and O–H groups in total. The molecule has 0 bridgehead atoms. The number of carbonyl (C=O) groups is 1. The highest BCUT2D eigenvalue weighted by atomic mass is 19.4. The van der Waals surface area contributed by atoms with Crippen LogP contribution in [-0.4, -0.2) is 23.0 Å². The van der Waals surface area contributed by atoms with Crippen LogP contribution in [0.5, 0.6) is 11.5 Å². The Kier molecular flexibility index (Phi) is 7.13. The second-order valence-electron chi connectivity index (χ2n) is 7.12. The Morgan fingerprint density at radius 1 is 0.889 bits per heavy atom. The number of methoxy groups -OCH3 is 1. The van der Waals surface area contributed by atoms with Crippen LogP contribution in [0.25, 0.3) is 5.69 Å². The van der Waals surface area contributed by atoms with E-state index in [0.717, 1.165) is 0 Å². The molecule has 0 aliphatic heterocycles. The first-order valence-corrected chi connectivity index (χ1v) is 9.63. The molecule has 15 heteroatoms. The van der Waals surface area contributed by atoms with Crippen LogP contribution in [0.4, 0.5) is 44.3 Å². The Bertz CT molecular complexity index is 1200. The largest absolute Gasteiger partial charge is 0.497 e. The van der Waals surface area contributed by atoms with Crippen molar-refractivity contribution >= 4 is 6.09 Å². The molecular weight excluding hydrogens is 513 g/mol. The lowest BCUT2D eigenvalue weighted by molar-refractivity contribution is -0.144. The summed E-state index contributed by atoms with van der Waals surface area (Å²) >= 11 is 0. The zero-order chi connectivity index (χ0) is 26.9. The maximum atomic E-state index is 13.7. The van der Waals surface area contributed by atoms with E-state index in [-0.39, 0.29) is 11.8 Å². The minimum absolute atomic E-state index is 0.0676. The van der Waals surface area contributed by atoms with Gasteiger partial charge in [-0.3, -0.25) is 0 Å². The summed E-state index contributed by atoms with van der Waals surface area (Å²) in [6.45, 7) is -0.903. The molecule has 1 heterocycles. The van der Waals surface area contributed by atoms with Crippen LogP contribution >= 0.6 is 0 Å². The van der Waals surface area contributed by atoms with Gasteiger partial charge in [0.05, 0.1) is 30.1 Å². The minimum atomic E-state index is -5.12. The average Bonchev–Trinajstić information content (AvgIpc) is 3.20. The highest BCUT2D eigenvalue weighted by Crippen LogP contribution is 2.38. The Labute approximate surface area is 196 Å². The van der Waals surface area contributed by atoms with Crippen LogP contribution in [0, 0.1) is 0 Å². The highest BCUT2D eigenvalue weighted by Gasteiger charge is 2.41. The van der Waals surface area contributed by atoms with Crippen LogP contribution in [0.15, 0.2) is 48.7 Å². The van der Waals surface area contributed by atoms with Crippen molar-refractivity contribution in [3.05, 3.63) is 71.0 Å². The number of rotatable bonds is 5. The van der Waals surface area contributed by atoms with Gasteiger partial charge in [0.15, 0.2) is 11.4 Å². The van der Waals surface area contributed by atoms with E-state index in [4.69, 9.17) is 4.74 Å². The first kappa shape index (κ1) is 26.7. The Hall–Kier alpha value is -3.91. The summed E-state index contributed by atoms with van der Waals surface area (Å²) in [6, 6.07) is 5.82. The van der Waals surface area contributed by atoms with Crippen molar-refractivity contribution in [1.29, 1.82) is 0 Å². The first-order valence-electron chi connectivity index (χ1n) is 9.63. The summed E-state index contributed by atoms with van der Waals surface area (Å²) in [5.74, 6) is -0.700. The number of hydrogen-bond donors (Lipinski definition) is 1. The fourth-order valence-corrected chi connectivity index (χ4v) is 3.02. The van der Waals surface area contributed by atoms with E-state index in [9.17, 15) is 44.3 Å². The third-order valence-corrected chi connectivity index (χ3v) is 4.61. The summed E-state index contributed by atoms with van der Waals surface area (Å²) in [6.07, 6.45) is -16.3. The van der Waals surface area contributed by atoms with Crippen molar-refractivity contribution < 1.29 is 53.8 Å². The summed E-state index contributed by atoms with van der Waals surface area (Å²) in [5.41, 5.74) is -5.41. The summed E-state index contributed by atoms with van der Waals surface area (Å²) in [4.78, 5) is 12.1. The van der Waals surface area contributed by atoms with Gasteiger partial charge in [-0.1, -0.05) is 0 Å². The van der Waals surface area contributed by atoms with Gasteiger partial charge in [0, 0.05) is 6.54 Å². The van der Waals surface area contributed by atoms with Gasteiger partial charge in [0.2, 0.25) is 0 Å². The predicted molar refractivity (Wildman–Crippen MR) is 104 cm³/mol. The van der Waals surface area contributed by atoms with Crippen LogP contribution in [0.3, 0.4) is 0 Å². The molecule has 3 aromatic rings. The molecule has 1 aromatic heterocycles. The van der Waals surface area contributed by atoms with Crippen LogP contribution in [0.2, 0.25) is 0 Å². The monoisotopic (exact) mass is 527 g/mol. The number of amides is 1. The number of benzene rings is 2. The maximum absolute atomic E-state index is 13.7. The molecule has 6 nitrogen and oxygen atoms in total. The third kappa shape index (κ3) is 6.20. The molecule has 0 atom stereocenters. The van der Waals surface area contributed by atoms with Gasteiger partial charge in [-0.2, -0.15) is 44.6 Å². The molecule has 1 amide bonds. The van der Waals surface area contributed by atoms with Crippen molar-refractivity contribution in [2.24, 2.45) is 0 Å². The number of nitrogens with one attached hydrogen (secondary N) is 1. The SMILES string of the molecule is COc1ccc(-n2ncc(OC(=O)NCc3cc(C(F)(F)F)cc(C(F)(F)F)c3)c2C(F)(F)F)cc1. The fraction of sp³-hybridized carbons (Fsp3) is 0.238. The van der Waals surface area contributed by atoms with Gasteiger partial charge in [-0.15, -0.1) is 0 Å². The number of aromatic nitrogens is 2. The lowest BCUT2D eigenvalue weighted by atomic mass is 10.0. The lowest BCUT2D eigenvalue weighted by Gasteiger charge is -2.15. The number of hydrogen-bond acceptors (Lipinski definition) is 4. The lowest BCUT2D eigenvalue weighted by Crippen LogP contribution is -2.27. The number of nitrogens with zero attached hydrogens (tertiary/aromatic N) is 2. The molecule has 0 fully saturated rings. The normalized spacial score (nSPS) is 12.4. The molecule has 0 saturated carbocycles. The molecule has 0 unspecified atom stereocenters. The zero-order valence-corrected chi connectivity index (χ0v) is 17.8. The van der Waals surface area contributed by atoms with Crippen molar-refractivity contribution in [3.63, 3.8) is 0 Å². The van der Waals surface area contributed by atoms with Crippen molar-refractivity contribution in [2.45, 2.75) is 25.1 Å². The van der Waals surface area contributed by atoms with Gasteiger partial charge in [-0.05, 0) is 48.0 Å². The molecule has 0 saturated heterocycles. The van der Waals surface area contributed by atoms with Gasteiger partial charge in [0.25, 0.3) is 0 Å². The predicted octanol–water partition coefficient (Wildman–Crippen LogP) is 6.23. The van der Waals surface area contributed by atoms with Gasteiger partial charge >= 0.3 is 24.6 Å². The van der Waals surface area contributed by atoms with Gasteiger partial charge in [-0.25, -0.2) is 9.48 Å². The average molecular weight is 527 g/mol. The van der Waals surface area contributed by atoms with Gasteiger partial charge in [0.1, 0.15) is 5.75 Å². The minimum Gasteiger partial charge on any atom is -0.497 e. The van der Waals surface area contributed by atoms with Crippen molar-refractivity contribution in [3.8, 4) is 17.2 Å². The Morgan fingerprint density at radius 2 is 1.44 bits per heavy atom. The fourth-order valence-electron chi connectivity index (χ4n) is 3.02. The van der Waals surface area contributed by atoms with E-state index in [2.05, 4.69) is 9.84 Å². The Balaban J connectivity index is 1.82. The molecule has 2 aromatic carbocycles. The summed E-state index contributed by atoms with van der Waals surface area (Å²) < 4.78 is 129. The summed E-state index contributed by atoms with van der Waals surface area (Å²) in [7, 11) is 1.35. The molecule has 0 spiro atoms. The number of alkyl halides is 9. The van der Waals surface area contributed by atoms with E-state index < -0.39 is 59.3 Å². The third-order valence-electron chi connectivity index (χ3n) is 4.61. The smallest absolute Gasteiger partial charge is 0.437 e. The van der Waals surface area contributed by atoms with E-state index in [0.29, 0.717) is 28.8 Å². The van der Waals surface area contributed by atoms with E-state index in [1.54, 1.807) is 0 Å². The zero-order valence-electron chi connectivity index (χ0n) is 17.8. The van der Waals surface area contributed by atoms with E-state index in [1.165, 1.54) is 31.4 Å². The van der Waals surface area contributed by atoms with E-state index >= 15 is 0 Å². The Morgan fingerprint density at radius 3 is 1.92 bits per heavy atom. The van der Waals surface area contributed by atoms with Crippen LogP contribution < -0.4 is 14.8 Å². The number of ether oxygens (including phenoxy) is 2. The van der Waals surface area contributed by atoms with Crippen molar-refractivity contribution in [1.82, 2.24) is 15.1 Å². The number of halogens is 9. The second-order valence-corrected chi connectivity index (χ2v) is 7.12. The summed E-state index contributed by atoms with van der Waals surface area (Å²) in [5, 5.41) is 5.39. The van der Waals surface area contributed by atoms with Crippen molar-refractivity contribution in [2.75, 3.05) is 7.11 Å².